The number of carbonyl (C=O) groups excluding carboxylic acids is 3. The van der Waals surface area contributed by atoms with Gasteiger partial charge in [-0.25, -0.2) is 9.97 Å². The van der Waals surface area contributed by atoms with Gasteiger partial charge in [0.05, 0.1) is 40.5 Å². The van der Waals surface area contributed by atoms with Crippen molar-refractivity contribution in [1.29, 1.82) is 0 Å². The molecule has 6 N–H and O–H groups in total. The molecule has 60 heavy (non-hydrogen) atoms. The molecule has 3 aromatic heterocycles. The van der Waals surface area contributed by atoms with Crippen LogP contribution in [0.3, 0.4) is 0 Å². The molecule has 0 aliphatic carbocycles. The Labute approximate surface area is 353 Å². The van der Waals surface area contributed by atoms with E-state index in [1.165, 1.54) is 4.90 Å². The van der Waals surface area contributed by atoms with Crippen molar-refractivity contribution in [3.05, 3.63) is 89.7 Å². The van der Waals surface area contributed by atoms with Gasteiger partial charge in [-0.15, -0.1) is 21.5 Å². The van der Waals surface area contributed by atoms with Crippen LogP contribution in [0.15, 0.2) is 78.4 Å². The summed E-state index contributed by atoms with van der Waals surface area (Å²) in [4.78, 5) is 57.2. The van der Waals surface area contributed by atoms with E-state index in [0.29, 0.717) is 43.0 Å². The number of benzene rings is 2. The molecular formula is C44H52N10O5S. The highest BCUT2D eigenvalue weighted by Gasteiger charge is 2.45. The number of anilines is 2. The van der Waals surface area contributed by atoms with Crippen molar-refractivity contribution in [2.24, 2.45) is 5.41 Å². The van der Waals surface area contributed by atoms with Crippen LogP contribution >= 0.6 is 11.3 Å². The van der Waals surface area contributed by atoms with Crippen LogP contribution in [-0.4, -0.2) is 115 Å². The van der Waals surface area contributed by atoms with Crippen molar-refractivity contribution >= 4 is 40.7 Å². The number of hydrogen-bond acceptors (Lipinski definition) is 13. The number of aliphatic hydroxyl groups excluding tert-OH is 1. The second-order valence-corrected chi connectivity index (χ2v) is 17.5. The molecule has 2 fully saturated rings. The Bertz CT molecular complexity index is 2320. The lowest BCUT2D eigenvalue weighted by atomic mass is 9.85. The Morgan fingerprint density at radius 1 is 0.933 bits per heavy atom. The zero-order chi connectivity index (χ0) is 42.7. The number of para-hydroxylation sites is 1. The number of thiazole rings is 1. The third-order valence-electron chi connectivity index (χ3n) is 11.2. The van der Waals surface area contributed by atoms with Gasteiger partial charge in [-0.3, -0.25) is 19.3 Å². The summed E-state index contributed by atoms with van der Waals surface area (Å²) < 4.78 is 0. The van der Waals surface area contributed by atoms with Crippen LogP contribution in [0.25, 0.3) is 32.8 Å². The predicted octanol–water partition coefficient (Wildman–Crippen LogP) is 4.42. The van der Waals surface area contributed by atoms with Crippen LogP contribution < -0.4 is 21.3 Å². The summed E-state index contributed by atoms with van der Waals surface area (Å²) in [5.74, 6) is 0.0796. The smallest absolute Gasteiger partial charge is 0.246 e. The zero-order valence-electron chi connectivity index (χ0n) is 34.5. The Hall–Kier alpha value is -5.97. The molecule has 0 bridgehead atoms. The molecular weight excluding hydrogens is 781 g/mol. The summed E-state index contributed by atoms with van der Waals surface area (Å²) in [6.07, 6.45) is 0.976. The van der Waals surface area contributed by atoms with Crippen molar-refractivity contribution in [3.8, 4) is 38.6 Å². The van der Waals surface area contributed by atoms with Gasteiger partial charge in [0.25, 0.3) is 0 Å². The van der Waals surface area contributed by atoms with Crippen LogP contribution in [0.4, 0.5) is 11.6 Å². The lowest BCUT2D eigenvalue weighted by Gasteiger charge is -2.37. The average Bonchev–Trinajstić information content (AvgIpc) is 3.85. The van der Waals surface area contributed by atoms with Gasteiger partial charge in [-0.2, -0.15) is 0 Å². The number of piperazine rings is 1. The number of aryl methyl sites for hydroxylation is 1. The summed E-state index contributed by atoms with van der Waals surface area (Å²) in [5, 5.41) is 35.3. The number of aromatic hydroxyl groups is 1. The fraction of sp³-hybridized carbons (Fsp3) is 0.386. The molecule has 314 valence electrons. The minimum absolute atomic E-state index is 0.000266. The number of amides is 3. The Morgan fingerprint density at radius 2 is 1.65 bits per heavy atom. The topological polar surface area (TPSA) is 203 Å². The minimum atomic E-state index is -0.922. The summed E-state index contributed by atoms with van der Waals surface area (Å²) in [5.41, 5.74) is 12.7. The first-order valence-electron chi connectivity index (χ1n) is 20.1. The summed E-state index contributed by atoms with van der Waals surface area (Å²) in [6.45, 7) is 12.1. The fourth-order valence-corrected chi connectivity index (χ4v) is 8.56. The number of rotatable bonds is 11. The number of phenols is 1. The maximum Gasteiger partial charge on any atom is 0.246 e. The van der Waals surface area contributed by atoms with E-state index in [1.54, 1.807) is 41.8 Å². The molecule has 0 saturated carbocycles. The van der Waals surface area contributed by atoms with Gasteiger partial charge in [0.15, 0.2) is 5.82 Å². The number of likely N-dealkylation sites (tertiary alicyclic amines) is 1. The van der Waals surface area contributed by atoms with Gasteiger partial charge in [0, 0.05) is 62.0 Å². The maximum atomic E-state index is 14.2. The van der Waals surface area contributed by atoms with E-state index in [-0.39, 0.29) is 48.9 Å². The summed E-state index contributed by atoms with van der Waals surface area (Å²) in [7, 11) is 0. The third kappa shape index (κ3) is 9.40. The van der Waals surface area contributed by atoms with Gasteiger partial charge in [-0.1, -0.05) is 57.2 Å². The van der Waals surface area contributed by atoms with Crippen molar-refractivity contribution in [2.45, 2.75) is 65.3 Å². The van der Waals surface area contributed by atoms with E-state index in [9.17, 15) is 24.6 Å². The first-order chi connectivity index (χ1) is 28.7. The molecule has 7 rings (SSSR count). The largest absolute Gasteiger partial charge is 0.507 e. The van der Waals surface area contributed by atoms with Crippen LogP contribution in [0.5, 0.6) is 5.75 Å². The first kappa shape index (κ1) is 42.2. The van der Waals surface area contributed by atoms with Gasteiger partial charge >= 0.3 is 0 Å². The molecule has 0 spiro atoms. The Morgan fingerprint density at radius 3 is 2.30 bits per heavy atom. The molecule has 0 radical (unpaired) electrons. The Kier molecular flexibility index (Phi) is 12.4. The van der Waals surface area contributed by atoms with E-state index >= 15 is 0 Å². The van der Waals surface area contributed by atoms with Crippen LogP contribution in [0, 0.1) is 12.3 Å². The van der Waals surface area contributed by atoms with E-state index in [1.807, 2.05) is 87.5 Å². The van der Waals surface area contributed by atoms with Crippen LogP contribution in [0.2, 0.25) is 0 Å². The number of nitrogens with one attached hydrogen (secondary N) is 2. The number of carbonyl (C=O) groups is 3. The molecule has 2 saturated heterocycles. The molecule has 2 aromatic carbocycles. The minimum Gasteiger partial charge on any atom is -0.507 e. The maximum absolute atomic E-state index is 14.2. The van der Waals surface area contributed by atoms with Gasteiger partial charge in [0.2, 0.25) is 17.7 Å². The normalized spacial score (nSPS) is 18.2. The number of phenolic OH excluding ortho intramolecular Hbond substituents is 1. The molecule has 3 amide bonds. The van der Waals surface area contributed by atoms with E-state index in [2.05, 4.69) is 30.7 Å². The highest BCUT2D eigenvalue weighted by Crippen LogP contribution is 2.33. The quantitative estimate of drug-likeness (QED) is 0.126. The molecule has 2 aliphatic rings. The zero-order valence-corrected chi connectivity index (χ0v) is 35.3. The predicted molar refractivity (Wildman–Crippen MR) is 232 cm³/mol. The molecule has 16 heteroatoms. The standard InChI is InChI=1S/C44H52N10O5S/c1-26(28-10-12-29(13-11-28)39-27(2)47-25-60-39)48-42(58)35-20-31(55)23-54(35)43(59)40(44(3,4)5)49-38(57)24-52-16-18-53(19-17-52)37-15-14-30(22-46-37)33-21-34(50-51-41(33)45)32-8-6-7-9-36(32)56/h6-15,21-22,25-26,31,35,40,55-56H,16-20,23-24H2,1-5H3,(H2,45,51)(H,48,58)(H,49,57)/t26-,31+,35-,40?/m0/s1. The Balaban J connectivity index is 0.932. The number of β-amino-alcohol motifs (C(OH)–C–C–N with tert-alkyl or cyclic N) is 1. The molecule has 1 unspecified atom stereocenters. The second-order valence-electron chi connectivity index (χ2n) is 16.6. The average molecular weight is 833 g/mol. The monoisotopic (exact) mass is 832 g/mol. The molecule has 2 aliphatic heterocycles. The fourth-order valence-electron chi connectivity index (χ4n) is 7.75. The number of aromatic nitrogens is 4. The number of nitrogen functional groups attached to an aromatic ring is 1. The highest BCUT2D eigenvalue weighted by molar-refractivity contribution is 7.13. The van der Waals surface area contributed by atoms with Crippen molar-refractivity contribution in [1.82, 2.24) is 40.6 Å². The number of pyridine rings is 1. The van der Waals surface area contributed by atoms with Gasteiger partial charge in [-0.05, 0) is 60.7 Å². The van der Waals surface area contributed by atoms with Crippen molar-refractivity contribution < 1.29 is 24.6 Å². The number of nitrogens with zero attached hydrogens (tertiary/aromatic N) is 7. The summed E-state index contributed by atoms with van der Waals surface area (Å²) >= 11 is 1.58. The van der Waals surface area contributed by atoms with Crippen molar-refractivity contribution in [2.75, 3.05) is 49.9 Å². The lowest BCUT2D eigenvalue weighted by molar-refractivity contribution is -0.144. The number of nitrogens with two attached hydrogens (primary N) is 1. The first-order valence-corrected chi connectivity index (χ1v) is 21.0. The van der Waals surface area contributed by atoms with Crippen LogP contribution in [-0.2, 0) is 14.4 Å². The molecule has 15 nitrogen and oxygen atoms in total. The number of aliphatic hydroxyl groups is 1. The van der Waals surface area contributed by atoms with Gasteiger partial charge in [0.1, 0.15) is 23.7 Å². The lowest BCUT2D eigenvalue weighted by Crippen LogP contribution is -2.59. The number of hydrogen-bond donors (Lipinski definition) is 5. The van der Waals surface area contributed by atoms with E-state index in [4.69, 9.17) is 10.7 Å². The van der Waals surface area contributed by atoms with Gasteiger partial charge < -0.3 is 36.4 Å². The molecule has 5 heterocycles. The summed E-state index contributed by atoms with van der Waals surface area (Å²) in [6, 6.07) is 18.4. The highest BCUT2D eigenvalue weighted by atomic mass is 32.1. The molecule has 5 aromatic rings. The van der Waals surface area contributed by atoms with E-state index < -0.39 is 29.5 Å². The van der Waals surface area contributed by atoms with Crippen molar-refractivity contribution in [3.63, 3.8) is 0 Å². The van der Waals surface area contributed by atoms with Crippen LogP contribution in [0.1, 0.15) is 51.4 Å². The second kappa shape index (κ2) is 17.7. The third-order valence-corrected chi connectivity index (χ3v) is 12.2. The van der Waals surface area contributed by atoms with E-state index in [0.717, 1.165) is 33.1 Å². The SMILES string of the molecule is Cc1ncsc1-c1ccc([C@H](C)NC(=O)[C@@H]2C[C@@H](O)CN2C(=O)C(NC(=O)CN2CCN(c3ccc(-c4cc(-c5ccccc5O)nnc4N)cn3)CC2)C(C)(C)C)cc1. The molecule has 4 atom stereocenters.